The number of amides is 1. The van der Waals surface area contributed by atoms with Crippen molar-refractivity contribution in [1.29, 1.82) is 0 Å². The maximum absolute atomic E-state index is 13.6. The molecule has 2 rings (SSSR count). The second-order valence-corrected chi connectivity index (χ2v) is 4.20. The fourth-order valence-corrected chi connectivity index (χ4v) is 1.85. The van der Waals surface area contributed by atoms with E-state index in [1.54, 1.807) is 6.07 Å². The van der Waals surface area contributed by atoms with Crippen LogP contribution in [0.5, 0.6) is 0 Å². The van der Waals surface area contributed by atoms with E-state index in [4.69, 9.17) is 10.8 Å². The van der Waals surface area contributed by atoms with E-state index in [1.165, 1.54) is 24.4 Å². The van der Waals surface area contributed by atoms with Crippen molar-refractivity contribution in [3.8, 4) is 0 Å². The summed E-state index contributed by atoms with van der Waals surface area (Å²) < 4.78 is 13.6. The number of primary amides is 1. The van der Waals surface area contributed by atoms with Crippen molar-refractivity contribution in [2.24, 2.45) is 5.73 Å². The van der Waals surface area contributed by atoms with Crippen molar-refractivity contribution in [1.82, 2.24) is 4.98 Å². The summed E-state index contributed by atoms with van der Waals surface area (Å²) in [5.74, 6) is -2.24. The molecule has 1 aromatic carbocycles. The number of pyridine rings is 1. The van der Waals surface area contributed by atoms with Gasteiger partial charge >= 0.3 is 5.97 Å². The Labute approximate surface area is 113 Å². The summed E-state index contributed by atoms with van der Waals surface area (Å²) in [6, 6.07) is 4.67. The van der Waals surface area contributed by atoms with Crippen LogP contribution in [0.1, 0.15) is 6.42 Å². The van der Waals surface area contributed by atoms with Gasteiger partial charge in [-0.1, -0.05) is 12.1 Å². The Morgan fingerprint density at radius 2 is 2.10 bits per heavy atom. The van der Waals surface area contributed by atoms with Crippen LogP contribution in [0.4, 0.5) is 10.2 Å². The van der Waals surface area contributed by atoms with E-state index < -0.39 is 23.7 Å². The third-order valence-corrected chi connectivity index (χ3v) is 2.77. The first-order chi connectivity index (χ1) is 9.49. The van der Waals surface area contributed by atoms with Gasteiger partial charge in [0.25, 0.3) is 0 Å². The number of carboxylic acid groups (broad SMARTS) is 1. The molecule has 0 bridgehead atoms. The first kappa shape index (κ1) is 13.7. The zero-order chi connectivity index (χ0) is 14.7. The van der Waals surface area contributed by atoms with Crippen LogP contribution in [-0.4, -0.2) is 28.0 Å². The van der Waals surface area contributed by atoms with E-state index in [1.807, 2.05) is 0 Å². The molecule has 20 heavy (non-hydrogen) atoms. The third kappa shape index (κ3) is 2.82. The van der Waals surface area contributed by atoms with E-state index in [2.05, 4.69) is 10.3 Å². The van der Waals surface area contributed by atoms with Crippen molar-refractivity contribution in [3.05, 3.63) is 36.3 Å². The maximum Gasteiger partial charge on any atom is 0.326 e. The summed E-state index contributed by atoms with van der Waals surface area (Å²) >= 11 is 0. The Morgan fingerprint density at radius 3 is 2.75 bits per heavy atom. The van der Waals surface area contributed by atoms with Gasteiger partial charge in [-0.15, -0.1) is 0 Å². The molecule has 0 spiro atoms. The van der Waals surface area contributed by atoms with Crippen LogP contribution >= 0.6 is 0 Å². The Hall–Kier alpha value is -2.70. The first-order valence-electron chi connectivity index (χ1n) is 5.80. The average Bonchev–Trinajstić information content (AvgIpc) is 2.38. The summed E-state index contributed by atoms with van der Waals surface area (Å²) in [5.41, 5.74) is 5.00. The summed E-state index contributed by atoms with van der Waals surface area (Å²) in [6.07, 6.45) is 0.972. The highest BCUT2D eigenvalue weighted by Crippen LogP contribution is 2.24. The number of anilines is 1. The van der Waals surface area contributed by atoms with Crippen LogP contribution in [-0.2, 0) is 9.59 Å². The van der Waals surface area contributed by atoms with Crippen molar-refractivity contribution in [2.45, 2.75) is 12.5 Å². The molecule has 0 fully saturated rings. The number of nitrogens with zero attached hydrogens (tertiary/aromatic N) is 1. The fraction of sp³-hybridized carbons (Fsp3) is 0.154. The minimum atomic E-state index is -1.24. The molecule has 1 amide bonds. The van der Waals surface area contributed by atoms with E-state index in [-0.39, 0.29) is 12.2 Å². The minimum absolute atomic E-state index is 0.190. The molecule has 0 saturated carbocycles. The number of benzene rings is 1. The summed E-state index contributed by atoms with van der Waals surface area (Å²) in [7, 11) is 0. The highest BCUT2D eigenvalue weighted by molar-refractivity contribution is 5.94. The molecule has 0 aliphatic rings. The largest absolute Gasteiger partial charge is 0.480 e. The molecule has 0 aliphatic heterocycles. The molecule has 7 heteroatoms. The van der Waals surface area contributed by atoms with E-state index in [0.717, 1.165) is 0 Å². The molecule has 1 aromatic heterocycles. The van der Waals surface area contributed by atoms with Gasteiger partial charge < -0.3 is 16.2 Å². The number of fused-ring (bicyclic) bond motifs is 1. The second-order valence-electron chi connectivity index (χ2n) is 4.20. The normalized spacial score (nSPS) is 12.1. The first-order valence-corrected chi connectivity index (χ1v) is 5.80. The second kappa shape index (κ2) is 5.52. The standard InChI is InChI=1S/C13H12FN3O3/c14-9-3-1-2-8-7(9)4-5-16-12(8)17-10(13(19)20)6-11(15)18/h1-5,10H,6H2,(H2,15,18)(H,16,17)(H,19,20). The van der Waals surface area contributed by atoms with E-state index >= 15 is 0 Å². The molecular formula is C13H12FN3O3. The zero-order valence-corrected chi connectivity index (χ0v) is 10.3. The van der Waals surface area contributed by atoms with Crippen LogP contribution in [0.2, 0.25) is 0 Å². The molecule has 1 heterocycles. The molecule has 0 saturated heterocycles. The van der Waals surface area contributed by atoms with E-state index in [9.17, 15) is 14.0 Å². The van der Waals surface area contributed by atoms with Crippen LogP contribution in [0.3, 0.4) is 0 Å². The lowest BCUT2D eigenvalue weighted by Gasteiger charge is -2.15. The Morgan fingerprint density at radius 1 is 1.35 bits per heavy atom. The highest BCUT2D eigenvalue weighted by atomic mass is 19.1. The molecule has 2 aromatic rings. The number of hydrogen-bond acceptors (Lipinski definition) is 4. The lowest BCUT2D eigenvalue weighted by Crippen LogP contribution is -2.34. The van der Waals surface area contributed by atoms with Gasteiger partial charge in [0.2, 0.25) is 5.91 Å². The van der Waals surface area contributed by atoms with Crippen molar-refractivity contribution in [2.75, 3.05) is 5.32 Å². The van der Waals surface area contributed by atoms with Crippen LogP contribution < -0.4 is 11.1 Å². The molecule has 0 radical (unpaired) electrons. The lowest BCUT2D eigenvalue weighted by molar-refractivity contribution is -0.139. The summed E-state index contributed by atoms with van der Waals surface area (Å²) in [4.78, 5) is 25.9. The van der Waals surface area contributed by atoms with Gasteiger partial charge in [0, 0.05) is 17.0 Å². The number of nitrogens with one attached hydrogen (secondary N) is 1. The number of hydrogen-bond donors (Lipinski definition) is 3. The molecule has 104 valence electrons. The molecule has 0 aliphatic carbocycles. The number of carbonyl (C=O) groups is 2. The summed E-state index contributed by atoms with van der Waals surface area (Å²) in [5, 5.41) is 12.4. The number of carboxylic acids is 1. The van der Waals surface area contributed by atoms with Crippen molar-refractivity contribution >= 4 is 28.5 Å². The number of aliphatic carboxylic acids is 1. The van der Waals surface area contributed by atoms with Gasteiger partial charge in [-0.25, -0.2) is 14.2 Å². The average molecular weight is 277 g/mol. The van der Waals surface area contributed by atoms with E-state index in [0.29, 0.717) is 10.8 Å². The molecule has 6 nitrogen and oxygen atoms in total. The number of nitrogens with two attached hydrogens (primary N) is 1. The SMILES string of the molecule is NC(=O)CC(Nc1nccc2c(F)cccc12)C(=O)O. The minimum Gasteiger partial charge on any atom is -0.480 e. The lowest BCUT2D eigenvalue weighted by atomic mass is 10.1. The van der Waals surface area contributed by atoms with Crippen LogP contribution in [0.25, 0.3) is 10.8 Å². The third-order valence-electron chi connectivity index (χ3n) is 2.77. The maximum atomic E-state index is 13.6. The number of aromatic nitrogens is 1. The predicted molar refractivity (Wildman–Crippen MR) is 70.6 cm³/mol. The predicted octanol–water partition coefficient (Wildman–Crippen LogP) is 1.11. The summed E-state index contributed by atoms with van der Waals surface area (Å²) in [6.45, 7) is 0. The van der Waals surface area contributed by atoms with Gasteiger partial charge in [0.15, 0.2) is 0 Å². The van der Waals surface area contributed by atoms with Gasteiger partial charge in [-0.05, 0) is 12.1 Å². The molecular weight excluding hydrogens is 265 g/mol. The molecule has 4 N–H and O–H groups in total. The molecule has 1 unspecified atom stereocenters. The number of rotatable bonds is 5. The van der Waals surface area contributed by atoms with Crippen molar-refractivity contribution < 1.29 is 19.1 Å². The highest BCUT2D eigenvalue weighted by Gasteiger charge is 2.21. The smallest absolute Gasteiger partial charge is 0.326 e. The van der Waals surface area contributed by atoms with Gasteiger partial charge in [-0.3, -0.25) is 4.79 Å². The quantitative estimate of drug-likeness (QED) is 0.759. The topological polar surface area (TPSA) is 105 Å². The van der Waals surface area contributed by atoms with Gasteiger partial charge in [0.1, 0.15) is 17.7 Å². The van der Waals surface area contributed by atoms with Gasteiger partial charge in [0.05, 0.1) is 6.42 Å². The Bertz CT molecular complexity index is 675. The monoisotopic (exact) mass is 277 g/mol. The zero-order valence-electron chi connectivity index (χ0n) is 10.3. The number of carbonyl (C=O) groups excluding carboxylic acids is 1. The Balaban J connectivity index is 2.40. The van der Waals surface area contributed by atoms with Crippen LogP contribution in [0.15, 0.2) is 30.5 Å². The van der Waals surface area contributed by atoms with Crippen LogP contribution in [0, 0.1) is 5.82 Å². The fourth-order valence-electron chi connectivity index (χ4n) is 1.85. The number of halogens is 1. The van der Waals surface area contributed by atoms with Crippen molar-refractivity contribution in [3.63, 3.8) is 0 Å². The Kier molecular flexibility index (Phi) is 3.79. The molecule has 1 atom stereocenters. The van der Waals surface area contributed by atoms with Gasteiger partial charge in [-0.2, -0.15) is 0 Å².